The Morgan fingerprint density at radius 3 is 2.55 bits per heavy atom. The van der Waals surface area contributed by atoms with E-state index in [4.69, 9.17) is 4.74 Å². The Bertz CT molecular complexity index is 572. The van der Waals surface area contributed by atoms with E-state index in [1.807, 2.05) is 18.7 Å². The fourth-order valence-corrected chi connectivity index (χ4v) is 4.05. The number of thiazole rings is 1. The van der Waals surface area contributed by atoms with E-state index in [2.05, 4.69) is 4.98 Å². The molecule has 1 saturated heterocycles. The van der Waals surface area contributed by atoms with Crippen LogP contribution < -0.4 is 0 Å². The third-order valence-corrected chi connectivity index (χ3v) is 5.64. The molecule has 2 heterocycles. The lowest BCUT2D eigenvalue weighted by Gasteiger charge is -2.30. The van der Waals surface area contributed by atoms with E-state index >= 15 is 0 Å². The zero-order valence-electron chi connectivity index (χ0n) is 13.1. The van der Waals surface area contributed by atoms with Gasteiger partial charge in [-0.2, -0.15) is 0 Å². The van der Waals surface area contributed by atoms with Gasteiger partial charge in [0.05, 0.1) is 23.2 Å². The van der Waals surface area contributed by atoms with Gasteiger partial charge in [0.1, 0.15) is 4.88 Å². The Morgan fingerprint density at radius 1 is 1.27 bits per heavy atom. The number of carbonyl (C=O) groups is 2. The zero-order valence-corrected chi connectivity index (χ0v) is 13.9. The van der Waals surface area contributed by atoms with Gasteiger partial charge >= 0.3 is 5.97 Å². The molecule has 1 aromatic rings. The molecule has 6 heteroatoms. The molecule has 0 radical (unpaired) electrons. The average molecular weight is 322 g/mol. The second-order valence-electron chi connectivity index (χ2n) is 6.06. The smallest absolute Gasteiger partial charge is 0.309 e. The predicted octanol–water partition coefficient (Wildman–Crippen LogP) is 2.74. The van der Waals surface area contributed by atoms with Crippen LogP contribution >= 0.6 is 11.3 Å². The van der Waals surface area contributed by atoms with Crippen LogP contribution in [-0.2, 0) is 9.53 Å². The average Bonchev–Trinajstić information content (AvgIpc) is 3.30. The standard InChI is InChI=1S/C16H22N2O3S/c1-3-21-16(20)12-6-8-18(9-7-12)15(19)13-10(2)17-14(22-13)11-4-5-11/h11-12H,3-9H2,1-2H3. The van der Waals surface area contributed by atoms with Crippen molar-refractivity contribution < 1.29 is 14.3 Å². The van der Waals surface area contributed by atoms with Gasteiger partial charge in [-0.05, 0) is 39.5 Å². The van der Waals surface area contributed by atoms with Gasteiger partial charge in [-0.15, -0.1) is 11.3 Å². The Kier molecular flexibility index (Phi) is 4.47. The molecule has 0 bridgehead atoms. The van der Waals surface area contributed by atoms with Crippen molar-refractivity contribution in [3.05, 3.63) is 15.6 Å². The molecule has 3 rings (SSSR count). The van der Waals surface area contributed by atoms with Crippen molar-refractivity contribution in [1.82, 2.24) is 9.88 Å². The number of esters is 1. The number of ether oxygens (including phenoxy) is 1. The summed E-state index contributed by atoms with van der Waals surface area (Å²) in [6.07, 6.45) is 3.78. The van der Waals surface area contributed by atoms with Crippen molar-refractivity contribution in [3.8, 4) is 0 Å². The number of likely N-dealkylation sites (tertiary alicyclic amines) is 1. The van der Waals surface area contributed by atoms with Crippen LogP contribution in [0.25, 0.3) is 0 Å². The van der Waals surface area contributed by atoms with Crippen molar-refractivity contribution in [1.29, 1.82) is 0 Å². The topological polar surface area (TPSA) is 59.5 Å². The van der Waals surface area contributed by atoms with Crippen LogP contribution in [0.5, 0.6) is 0 Å². The van der Waals surface area contributed by atoms with Gasteiger partial charge in [0.15, 0.2) is 0 Å². The van der Waals surface area contributed by atoms with Crippen molar-refractivity contribution in [2.45, 2.75) is 45.4 Å². The Labute approximate surface area is 134 Å². The molecule has 2 aliphatic rings. The molecule has 22 heavy (non-hydrogen) atoms. The molecule has 1 aliphatic carbocycles. The molecule has 1 saturated carbocycles. The number of hydrogen-bond acceptors (Lipinski definition) is 5. The van der Waals surface area contributed by atoms with Crippen LogP contribution in [0.4, 0.5) is 0 Å². The summed E-state index contributed by atoms with van der Waals surface area (Å²) in [6.45, 7) is 5.40. The normalized spacial score (nSPS) is 19.3. The number of piperidine rings is 1. The number of carbonyl (C=O) groups excluding carboxylic acids is 2. The molecule has 1 aliphatic heterocycles. The molecule has 2 fully saturated rings. The minimum absolute atomic E-state index is 0.0615. The van der Waals surface area contributed by atoms with Crippen LogP contribution in [0, 0.1) is 12.8 Å². The summed E-state index contributed by atoms with van der Waals surface area (Å²) in [4.78, 5) is 31.6. The molecule has 0 N–H and O–H groups in total. The second-order valence-corrected chi connectivity index (χ2v) is 7.09. The number of aryl methyl sites for hydroxylation is 1. The van der Waals surface area contributed by atoms with Gasteiger partial charge < -0.3 is 9.64 Å². The quantitative estimate of drug-likeness (QED) is 0.800. The maximum absolute atomic E-state index is 12.7. The third-order valence-electron chi connectivity index (χ3n) is 4.34. The van der Waals surface area contributed by atoms with E-state index in [1.54, 1.807) is 11.3 Å². The first-order valence-electron chi connectivity index (χ1n) is 8.03. The Hall–Kier alpha value is -1.43. The summed E-state index contributed by atoms with van der Waals surface area (Å²) < 4.78 is 5.07. The van der Waals surface area contributed by atoms with Crippen LogP contribution in [-0.4, -0.2) is 41.5 Å². The lowest BCUT2D eigenvalue weighted by molar-refractivity contribution is -0.149. The van der Waals surface area contributed by atoms with E-state index < -0.39 is 0 Å². The number of amides is 1. The molecule has 0 atom stereocenters. The zero-order chi connectivity index (χ0) is 15.7. The van der Waals surface area contributed by atoms with E-state index in [9.17, 15) is 9.59 Å². The van der Waals surface area contributed by atoms with E-state index in [-0.39, 0.29) is 17.8 Å². The molecule has 120 valence electrons. The summed E-state index contributed by atoms with van der Waals surface area (Å²) in [6, 6.07) is 0. The minimum atomic E-state index is -0.125. The highest BCUT2D eigenvalue weighted by Gasteiger charge is 2.32. The van der Waals surface area contributed by atoms with Crippen molar-refractivity contribution >= 4 is 23.2 Å². The highest BCUT2D eigenvalue weighted by Crippen LogP contribution is 2.42. The first-order valence-corrected chi connectivity index (χ1v) is 8.85. The number of nitrogens with zero attached hydrogens (tertiary/aromatic N) is 2. The molecule has 0 aromatic carbocycles. The van der Waals surface area contributed by atoms with E-state index in [0.717, 1.165) is 15.6 Å². The van der Waals surface area contributed by atoms with Crippen LogP contribution in [0.15, 0.2) is 0 Å². The highest BCUT2D eigenvalue weighted by atomic mass is 32.1. The monoisotopic (exact) mass is 322 g/mol. The van der Waals surface area contributed by atoms with Gasteiger partial charge in [-0.3, -0.25) is 9.59 Å². The summed E-state index contributed by atoms with van der Waals surface area (Å²) in [5.41, 5.74) is 0.851. The lowest BCUT2D eigenvalue weighted by atomic mass is 9.97. The number of hydrogen-bond donors (Lipinski definition) is 0. The maximum Gasteiger partial charge on any atom is 0.309 e. The fourth-order valence-electron chi connectivity index (χ4n) is 2.84. The first-order chi connectivity index (χ1) is 10.6. The molecule has 0 spiro atoms. The highest BCUT2D eigenvalue weighted by molar-refractivity contribution is 7.13. The first kappa shape index (κ1) is 15.5. The third kappa shape index (κ3) is 3.16. The fraction of sp³-hybridized carbons (Fsp3) is 0.688. The van der Waals surface area contributed by atoms with Crippen LogP contribution in [0.3, 0.4) is 0 Å². The van der Waals surface area contributed by atoms with Gasteiger partial charge in [0.2, 0.25) is 0 Å². The van der Waals surface area contributed by atoms with Crippen molar-refractivity contribution in [2.24, 2.45) is 5.92 Å². The predicted molar refractivity (Wildman–Crippen MR) is 84.1 cm³/mol. The van der Waals surface area contributed by atoms with Gasteiger partial charge in [-0.1, -0.05) is 0 Å². The maximum atomic E-state index is 12.7. The molecule has 1 aromatic heterocycles. The Balaban J connectivity index is 1.61. The Morgan fingerprint density at radius 2 is 1.95 bits per heavy atom. The van der Waals surface area contributed by atoms with Gasteiger partial charge in [0.25, 0.3) is 5.91 Å². The number of aromatic nitrogens is 1. The molecular formula is C16H22N2O3S. The molecular weight excluding hydrogens is 300 g/mol. The summed E-state index contributed by atoms with van der Waals surface area (Å²) in [7, 11) is 0. The molecule has 0 unspecified atom stereocenters. The second kappa shape index (κ2) is 6.36. The number of rotatable bonds is 4. The van der Waals surface area contributed by atoms with Gasteiger partial charge in [-0.25, -0.2) is 4.98 Å². The van der Waals surface area contributed by atoms with E-state index in [0.29, 0.717) is 38.5 Å². The van der Waals surface area contributed by atoms with Gasteiger partial charge in [0, 0.05) is 19.0 Å². The van der Waals surface area contributed by atoms with Crippen LogP contribution in [0.1, 0.15) is 58.9 Å². The summed E-state index contributed by atoms with van der Waals surface area (Å²) in [5, 5.41) is 1.11. The SMILES string of the molecule is CCOC(=O)C1CCN(C(=O)c2sc(C3CC3)nc2C)CC1. The minimum Gasteiger partial charge on any atom is -0.466 e. The van der Waals surface area contributed by atoms with E-state index in [1.165, 1.54) is 12.8 Å². The van der Waals surface area contributed by atoms with Crippen molar-refractivity contribution in [2.75, 3.05) is 19.7 Å². The molecule has 5 nitrogen and oxygen atoms in total. The lowest BCUT2D eigenvalue weighted by Crippen LogP contribution is -2.40. The van der Waals surface area contributed by atoms with Crippen molar-refractivity contribution in [3.63, 3.8) is 0 Å². The molecule has 1 amide bonds. The summed E-state index contributed by atoms with van der Waals surface area (Å²) in [5.74, 6) is 0.470. The van der Waals surface area contributed by atoms with Crippen LogP contribution in [0.2, 0.25) is 0 Å². The largest absolute Gasteiger partial charge is 0.466 e. The summed E-state index contributed by atoms with van der Waals surface area (Å²) >= 11 is 1.55.